The summed E-state index contributed by atoms with van der Waals surface area (Å²) in [7, 11) is 0. The highest BCUT2D eigenvalue weighted by Crippen LogP contribution is 2.25. The van der Waals surface area contributed by atoms with Crippen LogP contribution in [-0.4, -0.2) is 15.0 Å². The van der Waals surface area contributed by atoms with Gasteiger partial charge in [0.05, 0.1) is 11.7 Å². The summed E-state index contributed by atoms with van der Waals surface area (Å²) >= 11 is 6.31. The van der Waals surface area contributed by atoms with Crippen LogP contribution in [0.15, 0.2) is 65.8 Å². The number of anilines is 1. The van der Waals surface area contributed by atoms with Crippen LogP contribution in [0.4, 0.5) is 14.6 Å². The number of hydrogen-bond donors (Lipinski definition) is 1. The van der Waals surface area contributed by atoms with Crippen molar-refractivity contribution < 1.29 is 8.78 Å². The van der Waals surface area contributed by atoms with Gasteiger partial charge in [-0.15, -0.1) is 0 Å². The highest BCUT2D eigenvalue weighted by molar-refractivity contribution is 6.31. The minimum Gasteiger partial charge on any atom is -0.347 e. The van der Waals surface area contributed by atoms with Gasteiger partial charge in [-0.25, -0.2) is 13.8 Å². The molecule has 2 aromatic heterocycles. The number of aromatic amines is 1. The van der Waals surface area contributed by atoms with E-state index in [2.05, 4.69) is 15.0 Å². The number of halogens is 3. The molecule has 146 valence electrons. The Morgan fingerprint density at radius 1 is 1.03 bits per heavy atom. The van der Waals surface area contributed by atoms with Crippen molar-refractivity contribution in [1.29, 1.82) is 0 Å². The Morgan fingerprint density at radius 2 is 1.83 bits per heavy atom. The summed E-state index contributed by atoms with van der Waals surface area (Å²) in [5.41, 5.74) is 0.699. The van der Waals surface area contributed by atoms with E-state index in [1.807, 2.05) is 23.1 Å². The fourth-order valence-corrected chi connectivity index (χ4v) is 3.37. The molecule has 0 saturated carbocycles. The maximum absolute atomic E-state index is 14.2. The van der Waals surface area contributed by atoms with Gasteiger partial charge in [0.25, 0.3) is 0 Å². The van der Waals surface area contributed by atoms with Crippen LogP contribution in [0.3, 0.4) is 0 Å². The van der Waals surface area contributed by atoms with E-state index >= 15 is 0 Å². The summed E-state index contributed by atoms with van der Waals surface area (Å²) in [6.07, 6.45) is 4.70. The molecule has 0 unspecified atom stereocenters. The van der Waals surface area contributed by atoms with Gasteiger partial charge >= 0.3 is 0 Å². The highest BCUT2D eigenvalue weighted by atomic mass is 35.5. The minimum absolute atomic E-state index is 0.163. The van der Waals surface area contributed by atoms with Crippen LogP contribution in [0.25, 0.3) is 10.9 Å². The van der Waals surface area contributed by atoms with E-state index in [0.717, 1.165) is 11.6 Å². The lowest BCUT2D eigenvalue weighted by atomic mass is 10.1. The Morgan fingerprint density at radius 3 is 2.59 bits per heavy atom. The highest BCUT2D eigenvalue weighted by Gasteiger charge is 2.16. The lowest BCUT2D eigenvalue weighted by Crippen LogP contribution is -2.24. The van der Waals surface area contributed by atoms with Crippen molar-refractivity contribution >= 4 is 28.3 Å². The van der Waals surface area contributed by atoms with Gasteiger partial charge in [-0.2, -0.15) is 0 Å². The summed E-state index contributed by atoms with van der Waals surface area (Å²) in [6.45, 7) is 0.603. The molecule has 5 nitrogen and oxygen atoms in total. The number of pyridine rings is 1. The fourth-order valence-electron chi connectivity index (χ4n) is 3.18. The van der Waals surface area contributed by atoms with E-state index in [4.69, 9.17) is 11.6 Å². The van der Waals surface area contributed by atoms with Gasteiger partial charge in [-0.05, 0) is 29.3 Å². The number of fused-ring (bicyclic) bond motifs is 1. The average Bonchev–Trinajstić information content (AvgIpc) is 2.72. The molecule has 0 bridgehead atoms. The largest absolute Gasteiger partial charge is 0.347 e. The number of hydrogen-bond acceptors (Lipinski definition) is 4. The van der Waals surface area contributed by atoms with Crippen LogP contribution in [0, 0.1) is 11.6 Å². The standard InChI is InChI=1S/C21H15ClF2N4O/c22-16-4-2-1-3-13(16)11-28(18-10-25-7-8-26-18)12-14-9-19(29)27-21-15(14)5-6-17(23)20(21)24/h1-10H,11-12H2,(H,27,29). The molecule has 0 aliphatic carbocycles. The summed E-state index contributed by atoms with van der Waals surface area (Å²) < 4.78 is 27.9. The van der Waals surface area contributed by atoms with E-state index in [1.165, 1.54) is 12.1 Å². The summed E-state index contributed by atoms with van der Waals surface area (Å²) in [6, 6.07) is 11.2. The molecule has 4 aromatic rings. The third-order valence-electron chi connectivity index (χ3n) is 4.55. The first-order chi connectivity index (χ1) is 14.0. The number of H-pyrrole nitrogens is 1. The van der Waals surface area contributed by atoms with Gasteiger partial charge in [0, 0.05) is 42.0 Å². The maximum Gasteiger partial charge on any atom is 0.248 e. The molecule has 29 heavy (non-hydrogen) atoms. The molecule has 0 spiro atoms. The molecular weight excluding hydrogens is 398 g/mol. The van der Waals surface area contributed by atoms with E-state index in [9.17, 15) is 13.6 Å². The van der Waals surface area contributed by atoms with Crippen LogP contribution < -0.4 is 10.5 Å². The zero-order chi connectivity index (χ0) is 20.4. The monoisotopic (exact) mass is 412 g/mol. The molecular formula is C21H15ClF2N4O. The Labute approximate surface area is 169 Å². The molecule has 0 saturated heterocycles. The Hall–Kier alpha value is -3.32. The number of benzene rings is 2. The number of aromatic nitrogens is 3. The lowest BCUT2D eigenvalue weighted by molar-refractivity contribution is 0.515. The molecule has 0 amide bonds. The smallest absolute Gasteiger partial charge is 0.248 e. The molecule has 0 fully saturated rings. The summed E-state index contributed by atoms with van der Waals surface area (Å²) in [5, 5.41) is 1.00. The van der Waals surface area contributed by atoms with Crippen molar-refractivity contribution in [2.24, 2.45) is 0 Å². The van der Waals surface area contributed by atoms with Gasteiger partial charge in [-0.1, -0.05) is 29.8 Å². The third-order valence-corrected chi connectivity index (χ3v) is 4.92. The minimum atomic E-state index is -1.08. The zero-order valence-electron chi connectivity index (χ0n) is 15.1. The van der Waals surface area contributed by atoms with E-state index in [-0.39, 0.29) is 12.1 Å². The summed E-state index contributed by atoms with van der Waals surface area (Å²) in [4.78, 5) is 24.8. The Balaban J connectivity index is 1.80. The predicted molar refractivity (Wildman–Crippen MR) is 108 cm³/mol. The normalized spacial score (nSPS) is 11.0. The predicted octanol–water partition coefficient (Wildman–Crippen LogP) is 4.46. The number of nitrogens with one attached hydrogen (secondary N) is 1. The first kappa shape index (κ1) is 19.0. The van der Waals surface area contributed by atoms with Gasteiger partial charge in [0.1, 0.15) is 5.82 Å². The number of rotatable bonds is 5. The zero-order valence-corrected chi connectivity index (χ0v) is 15.8. The second-order valence-corrected chi connectivity index (χ2v) is 6.86. The van der Waals surface area contributed by atoms with E-state index < -0.39 is 17.2 Å². The number of nitrogens with zero attached hydrogens (tertiary/aromatic N) is 3. The SMILES string of the molecule is O=c1cc(CN(Cc2ccccc2Cl)c2cnccn2)c2ccc(F)c(F)c2[nH]1. The maximum atomic E-state index is 14.2. The molecule has 0 radical (unpaired) electrons. The van der Waals surface area contributed by atoms with E-state index in [0.29, 0.717) is 28.3 Å². The van der Waals surface area contributed by atoms with Crippen LogP contribution >= 0.6 is 11.6 Å². The second kappa shape index (κ2) is 7.97. The molecule has 0 atom stereocenters. The molecule has 2 aromatic carbocycles. The lowest BCUT2D eigenvalue weighted by Gasteiger charge is -2.24. The Kier molecular flexibility index (Phi) is 5.22. The summed E-state index contributed by atoms with van der Waals surface area (Å²) in [5.74, 6) is -1.55. The second-order valence-electron chi connectivity index (χ2n) is 6.45. The molecule has 2 heterocycles. The molecule has 4 rings (SSSR count). The van der Waals surface area contributed by atoms with Crippen molar-refractivity contribution in [2.45, 2.75) is 13.1 Å². The molecule has 0 aliphatic heterocycles. The molecule has 8 heteroatoms. The first-order valence-corrected chi connectivity index (χ1v) is 9.15. The van der Waals surface area contributed by atoms with Crippen LogP contribution in [0.2, 0.25) is 5.02 Å². The topological polar surface area (TPSA) is 61.9 Å². The van der Waals surface area contributed by atoms with Crippen molar-refractivity contribution in [3.63, 3.8) is 0 Å². The fraction of sp³-hybridized carbons (Fsp3) is 0.0952. The molecule has 0 aliphatic rings. The van der Waals surface area contributed by atoms with Gasteiger partial charge in [-0.3, -0.25) is 9.78 Å². The van der Waals surface area contributed by atoms with E-state index in [1.54, 1.807) is 24.7 Å². The van der Waals surface area contributed by atoms with Crippen molar-refractivity contribution in [1.82, 2.24) is 15.0 Å². The average molecular weight is 413 g/mol. The van der Waals surface area contributed by atoms with Crippen molar-refractivity contribution in [3.8, 4) is 0 Å². The third kappa shape index (κ3) is 3.95. The van der Waals surface area contributed by atoms with Crippen molar-refractivity contribution in [3.05, 3.63) is 99.2 Å². The van der Waals surface area contributed by atoms with Gasteiger partial charge < -0.3 is 9.88 Å². The van der Waals surface area contributed by atoms with Gasteiger partial charge in [0.15, 0.2) is 11.6 Å². The first-order valence-electron chi connectivity index (χ1n) is 8.77. The van der Waals surface area contributed by atoms with Crippen LogP contribution in [0.5, 0.6) is 0 Å². The Bertz CT molecular complexity index is 1230. The van der Waals surface area contributed by atoms with Crippen molar-refractivity contribution in [2.75, 3.05) is 4.90 Å². The quantitative estimate of drug-likeness (QED) is 0.526. The molecule has 1 N–H and O–H groups in total. The van der Waals surface area contributed by atoms with Crippen LogP contribution in [-0.2, 0) is 13.1 Å². The van der Waals surface area contributed by atoms with Crippen LogP contribution in [0.1, 0.15) is 11.1 Å². The van der Waals surface area contributed by atoms with Gasteiger partial charge in [0.2, 0.25) is 5.56 Å².